The van der Waals surface area contributed by atoms with Crippen molar-refractivity contribution in [1.29, 1.82) is 5.26 Å². The zero-order chi connectivity index (χ0) is 28.9. The van der Waals surface area contributed by atoms with Crippen molar-refractivity contribution in [2.24, 2.45) is 5.92 Å². The molecule has 0 unspecified atom stereocenters. The molecule has 0 spiro atoms. The van der Waals surface area contributed by atoms with Crippen LogP contribution in [0.5, 0.6) is 0 Å². The number of nitrogens with one attached hydrogen (secondary N) is 2. The van der Waals surface area contributed by atoms with E-state index in [1.807, 2.05) is 25.1 Å². The Morgan fingerprint density at radius 3 is 2.60 bits per heavy atom. The molecule has 8 nitrogen and oxygen atoms in total. The number of carbonyl (C=O) groups is 1. The van der Waals surface area contributed by atoms with E-state index in [1.54, 1.807) is 12.1 Å². The monoisotopic (exact) mass is 608 g/mol. The Balaban J connectivity index is 1.53. The van der Waals surface area contributed by atoms with Gasteiger partial charge in [0.05, 0.1) is 21.2 Å². The number of halogens is 2. The molecule has 2 fully saturated rings. The first-order chi connectivity index (χ1) is 19.0. The summed E-state index contributed by atoms with van der Waals surface area (Å²) in [5.41, 5.74) is -0.757. The van der Waals surface area contributed by atoms with Crippen LogP contribution < -0.4 is 10.0 Å². The highest BCUT2D eigenvalue weighted by molar-refractivity contribution is 7.99. The molecule has 2 aromatic carbocycles. The summed E-state index contributed by atoms with van der Waals surface area (Å²) in [5, 5.41) is 13.3. The quantitative estimate of drug-likeness (QED) is 0.323. The third kappa shape index (κ3) is 7.47. The van der Waals surface area contributed by atoms with Crippen LogP contribution in [0.25, 0.3) is 0 Å². The highest BCUT2D eigenvalue weighted by atomic mass is 35.5. The van der Waals surface area contributed by atoms with Gasteiger partial charge in [-0.1, -0.05) is 11.6 Å². The van der Waals surface area contributed by atoms with E-state index in [2.05, 4.69) is 10.0 Å². The second-order valence-corrected chi connectivity index (χ2v) is 13.7. The molecule has 4 rings (SSSR count). The number of nitrogens with zero attached hydrogens (tertiary/aromatic N) is 2. The predicted octanol–water partition coefficient (Wildman–Crippen LogP) is 5.03. The van der Waals surface area contributed by atoms with Gasteiger partial charge in [0.1, 0.15) is 17.5 Å². The third-order valence-electron chi connectivity index (χ3n) is 7.18. The van der Waals surface area contributed by atoms with Crippen LogP contribution in [0.4, 0.5) is 10.1 Å². The van der Waals surface area contributed by atoms with Crippen molar-refractivity contribution in [3.05, 3.63) is 52.8 Å². The number of ether oxygens (including phenoxy) is 1. The van der Waals surface area contributed by atoms with E-state index in [0.29, 0.717) is 30.9 Å². The number of nitriles is 1. The van der Waals surface area contributed by atoms with Gasteiger partial charge in [0.15, 0.2) is 0 Å². The Morgan fingerprint density at radius 2 is 2.00 bits per heavy atom. The molecule has 2 aliphatic rings. The number of hydrogen-bond acceptors (Lipinski definition) is 8. The minimum absolute atomic E-state index is 0.0136. The molecular formula is C28H34ClFN4O4S2. The minimum Gasteiger partial charge on any atom is -0.379 e. The van der Waals surface area contributed by atoms with E-state index in [4.69, 9.17) is 16.3 Å². The van der Waals surface area contributed by atoms with Gasteiger partial charge in [0.25, 0.3) is 15.9 Å². The lowest BCUT2D eigenvalue weighted by Gasteiger charge is -2.36. The van der Waals surface area contributed by atoms with Crippen LogP contribution in [0.2, 0.25) is 5.02 Å². The number of benzene rings is 2. The van der Waals surface area contributed by atoms with Gasteiger partial charge in [-0.15, -0.1) is 11.8 Å². The molecule has 0 radical (unpaired) electrons. The largest absolute Gasteiger partial charge is 0.379 e. The van der Waals surface area contributed by atoms with E-state index < -0.39 is 21.5 Å². The fraction of sp³-hybridized carbons (Fsp3) is 0.500. The van der Waals surface area contributed by atoms with Crippen LogP contribution in [-0.2, 0) is 19.6 Å². The van der Waals surface area contributed by atoms with Gasteiger partial charge in [-0.2, -0.15) is 5.26 Å². The summed E-state index contributed by atoms with van der Waals surface area (Å²) in [6, 6.07) is 10.6. The fourth-order valence-corrected chi connectivity index (χ4v) is 7.23. The number of thioether (sulfide) groups is 1. The second-order valence-electron chi connectivity index (χ2n) is 10.5. The van der Waals surface area contributed by atoms with Gasteiger partial charge < -0.3 is 15.0 Å². The van der Waals surface area contributed by atoms with Crippen molar-refractivity contribution in [2.75, 3.05) is 38.3 Å². The van der Waals surface area contributed by atoms with E-state index >= 15 is 0 Å². The van der Waals surface area contributed by atoms with Crippen LogP contribution in [-0.4, -0.2) is 63.9 Å². The molecule has 0 aromatic heterocycles. The number of anilines is 1. The lowest BCUT2D eigenvalue weighted by molar-refractivity contribution is -0.155. The molecule has 1 aliphatic heterocycles. The van der Waals surface area contributed by atoms with Gasteiger partial charge in [-0.3, -0.25) is 4.79 Å². The Kier molecular flexibility index (Phi) is 10.0. The standard InChI is InChI=1S/C28H34ClFN4O4S2/c1-34(2)13-11-22(18-39-23-9-7-21(30)8-10-23)32-26-19(17-31)15-24(16-25(26)29)40(36,37)33-27(35)28(20-5-6-20)12-3-4-14-38-28/h7-10,15-16,20,22,32H,3-6,11-14,18H2,1-2H3,(H,33,35)/t22-,28+/m1/s1. The summed E-state index contributed by atoms with van der Waals surface area (Å²) in [6.45, 7) is 1.17. The Morgan fingerprint density at radius 1 is 1.27 bits per heavy atom. The zero-order valence-electron chi connectivity index (χ0n) is 22.6. The van der Waals surface area contributed by atoms with Crippen LogP contribution in [0.1, 0.15) is 44.1 Å². The molecule has 2 aromatic rings. The maximum absolute atomic E-state index is 13.3. The van der Waals surface area contributed by atoms with Gasteiger partial charge in [0.2, 0.25) is 0 Å². The molecular weight excluding hydrogens is 575 g/mol. The minimum atomic E-state index is -4.31. The van der Waals surface area contributed by atoms with Gasteiger partial charge in [-0.05, 0) is 101 Å². The van der Waals surface area contributed by atoms with Crippen molar-refractivity contribution in [3.63, 3.8) is 0 Å². The fourth-order valence-electron chi connectivity index (χ4n) is 4.83. The average molecular weight is 609 g/mol. The van der Waals surface area contributed by atoms with E-state index in [0.717, 1.165) is 37.1 Å². The summed E-state index contributed by atoms with van der Waals surface area (Å²) in [6.07, 6.45) is 4.47. The molecule has 1 aliphatic carbocycles. The second kappa shape index (κ2) is 13.1. The summed E-state index contributed by atoms with van der Waals surface area (Å²) in [5.74, 6) is -0.356. The Hall–Kier alpha value is -2.36. The smallest absolute Gasteiger partial charge is 0.266 e. The summed E-state index contributed by atoms with van der Waals surface area (Å²) in [4.78, 5) is 15.9. The molecule has 2 atom stereocenters. The van der Waals surface area contributed by atoms with Crippen LogP contribution in [0.3, 0.4) is 0 Å². The summed E-state index contributed by atoms with van der Waals surface area (Å²) in [7, 11) is -0.397. The molecule has 1 saturated heterocycles. The third-order valence-corrected chi connectivity index (χ3v) is 9.97. The Bertz CT molecular complexity index is 1360. The van der Waals surface area contributed by atoms with E-state index in [1.165, 1.54) is 36.0 Å². The number of carbonyl (C=O) groups excluding carboxylic acids is 1. The Labute approximate surface area is 244 Å². The average Bonchev–Trinajstić information content (AvgIpc) is 3.78. The first-order valence-electron chi connectivity index (χ1n) is 13.3. The molecule has 2 N–H and O–H groups in total. The summed E-state index contributed by atoms with van der Waals surface area (Å²) < 4.78 is 47.9. The maximum atomic E-state index is 13.3. The molecule has 0 bridgehead atoms. The van der Waals surface area contributed by atoms with Crippen molar-refractivity contribution in [3.8, 4) is 6.07 Å². The maximum Gasteiger partial charge on any atom is 0.266 e. The highest BCUT2D eigenvalue weighted by Gasteiger charge is 2.53. The van der Waals surface area contributed by atoms with Gasteiger partial charge in [-0.25, -0.2) is 17.5 Å². The van der Waals surface area contributed by atoms with Crippen LogP contribution in [0.15, 0.2) is 46.2 Å². The van der Waals surface area contributed by atoms with Crippen LogP contribution in [0, 0.1) is 23.1 Å². The molecule has 1 heterocycles. The molecule has 40 heavy (non-hydrogen) atoms. The van der Waals surface area contributed by atoms with Gasteiger partial charge in [0, 0.05) is 23.3 Å². The normalized spacial score (nSPS) is 20.1. The first kappa shape index (κ1) is 30.6. The zero-order valence-corrected chi connectivity index (χ0v) is 25.0. The molecule has 216 valence electrons. The number of hydrogen-bond donors (Lipinski definition) is 2. The molecule has 12 heteroatoms. The van der Waals surface area contributed by atoms with Crippen LogP contribution >= 0.6 is 23.4 Å². The van der Waals surface area contributed by atoms with Crippen molar-refractivity contribution < 1.29 is 22.3 Å². The van der Waals surface area contributed by atoms with E-state index in [9.17, 15) is 22.9 Å². The topological polar surface area (TPSA) is 112 Å². The molecule has 1 saturated carbocycles. The number of amides is 1. The van der Waals surface area contributed by atoms with Crippen molar-refractivity contribution in [2.45, 2.75) is 60.0 Å². The first-order valence-corrected chi connectivity index (χ1v) is 16.1. The number of sulfonamides is 1. The summed E-state index contributed by atoms with van der Waals surface area (Å²) >= 11 is 8.09. The van der Waals surface area contributed by atoms with Crippen molar-refractivity contribution >= 4 is 45.0 Å². The molecule has 1 amide bonds. The predicted molar refractivity (Wildman–Crippen MR) is 154 cm³/mol. The van der Waals surface area contributed by atoms with Crippen molar-refractivity contribution in [1.82, 2.24) is 9.62 Å². The van der Waals surface area contributed by atoms with E-state index in [-0.39, 0.29) is 33.3 Å². The lowest BCUT2D eigenvalue weighted by atomic mass is 9.88. The SMILES string of the molecule is CN(C)CC[C@H](CSc1ccc(F)cc1)Nc1c(Cl)cc(S(=O)(=O)NC(=O)[C@@]2(C3CC3)CCCCO2)cc1C#N. The van der Waals surface area contributed by atoms with Gasteiger partial charge >= 0.3 is 0 Å². The lowest BCUT2D eigenvalue weighted by Crippen LogP contribution is -2.53. The number of rotatable bonds is 12. The highest BCUT2D eigenvalue weighted by Crippen LogP contribution is 2.47.